The Labute approximate surface area is 198 Å². The minimum atomic E-state index is -0.625. The van der Waals surface area contributed by atoms with E-state index in [9.17, 15) is 14.4 Å². The summed E-state index contributed by atoms with van der Waals surface area (Å²) in [5.41, 5.74) is 2.14. The van der Waals surface area contributed by atoms with Crippen LogP contribution in [0.3, 0.4) is 0 Å². The number of hydrogen-bond donors (Lipinski definition) is 2. The summed E-state index contributed by atoms with van der Waals surface area (Å²) in [7, 11) is 0. The first-order chi connectivity index (χ1) is 16.6. The Morgan fingerprint density at radius 2 is 1.65 bits per heavy atom. The third kappa shape index (κ3) is 7.62. The highest BCUT2D eigenvalue weighted by atomic mass is 16.6. The van der Waals surface area contributed by atoms with Gasteiger partial charge in [-0.1, -0.05) is 11.8 Å². The van der Waals surface area contributed by atoms with Crippen LogP contribution < -0.4 is 5.32 Å². The quantitative estimate of drug-likeness (QED) is 0.230. The third-order valence-electron chi connectivity index (χ3n) is 5.28. The van der Waals surface area contributed by atoms with Gasteiger partial charge in [0, 0.05) is 24.1 Å². The molecule has 34 heavy (non-hydrogen) atoms. The zero-order valence-corrected chi connectivity index (χ0v) is 19.0. The van der Waals surface area contributed by atoms with Crippen LogP contribution in [-0.4, -0.2) is 93.2 Å². The molecule has 1 saturated heterocycles. The van der Waals surface area contributed by atoms with Crippen molar-refractivity contribution in [2.75, 3.05) is 59.5 Å². The molecular formula is C24H30N2O8. The summed E-state index contributed by atoms with van der Waals surface area (Å²) in [5, 5.41) is 10.9. The number of benzene rings is 1. The van der Waals surface area contributed by atoms with Crippen LogP contribution in [0.5, 0.6) is 0 Å². The number of imide groups is 1. The van der Waals surface area contributed by atoms with Crippen molar-refractivity contribution in [3.63, 3.8) is 0 Å². The maximum atomic E-state index is 12.7. The molecule has 1 atom stereocenters. The Hall–Kier alpha value is -2.81. The normalized spacial score (nSPS) is 17.4. The number of hydrogen-bond acceptors (Lipinski definition) is 8. The van der Waals surface area contributed by atoms with Crippen molar-refractivity contribution < 1.29 is 38.4 Å². The van der Waals surface area contributed by atoms with Gasteiger partial charge in [-0.25, -0.2) is 0 Å². The van der Waals surface area contributed by atoms with Crippen LogP contribution in [0.25, 0.3) is 0 Å². The van der Waals surface area contributed by atoms with Gasteiger partial charge >= 0.3 is 0 Å². The topological polar surface area (TPSA) is 124 Å². The molecule has 0 bridgehead atoms. The average molecular weight is 475 g/mol. The molecule has 184 valence electrons. The van der Waals surface area contributed by atoms with Crippen LogP contribution in [0.4, 0.5) is 0 Å². The zero-order valence-electron chi connectivity index (χ0n) is 19.0. The summed E-state index contributed by atoms with van der Waals surface area (Å²) in [5.74, 6) is 5.04. The molecule has 10 heteroatoms. The molecule has 0 saturated carbocycles. The highest BCUT2D eigenvalue weighted by Crippen LogP contribution is 2.28. The molecule has 0 spiro atoms. The van der Waals surface area contributed by atoms with Gasteiger partial charge in [0.05, 0.1) is 52.9 Å². The van der Waals surface area contributed by atoms with E-state index in [2.05, 4.69) is 17.2 Å². The van der Waals surface area contributed by atoms with E-state index in [0.717, 1.165) is 11.1 Å². The molecule has 0 aromatic heterocycles. The molecule has 1 fully saturated rings. The first-order valence-electron chi connectivity index (χ1n) is 11.3. The van der Waals surface area contributed by atoms with Crippen LogP contribution in [-0.2, 0) is 35.1 Å². The number of nitrogens with zero attached hydrogens (tertiary/aromatic N) is 1. The minimum absolute atomic E-state index is 0.00698. The van der Waals surface area contributed by atoms with Crippen molar-refractivity contribution in [1.82, 2.24) is 10.2 Å². The van der Waals surface area contributed by atoms with Gasteiger partial charge < -0.3 is 29.0 Å². The lowest BCUT2D eigenvalue weighted by Gasteiger charge is -2.29. The number of aliphatic hydroxyl groups is 1. The van der Waals surface area contributed by atoms with E-state index in [4.69, 9.17) is 24.1 Å². The van der Waals surface area contributed by atoms with Gasteiger partial charge in [0.2, 0.25) is 11.8 Å². The molecule has 3 rings (SSSR count). The second-order valence-electron chi connectivity index (χ2n) is 7.69. The number of amides is 3. The van der Waals surface area contributed by atoms with Gasteiger partial charge in [-0.15, -0.1) is 0 Å². The second kappa shape index (κ2) is 13.8. The molecule has 3 amide bonds. The number of aliphatic hydroxyl groups excluding tert-OH is 1. The Balaban J connectivity index is 1.32. The lowest BCUT2D eigenvalue weighted by Crippen LogP contribution is -2.52. The molecule has 2 heterocycles. The van der Waals surface area contributed by atoms with Crippen LogP contribution in [0.2, 0.25) is 0 Å². The van der Waals surface area contributed by atoms with Crippen LogP contribution in [0, 0.1) is 11.8 Å². The predicted octanol–water partition coefficient (Wildman–Crippen LogP) is -0.142. The van der Waals surface area contributed by atoms with E-state index in [-0.39, 0.29) is 31.4 Å². The molecule has 1 aromatic carbocycles. The molecule has 10 nitrogen and oxygen atoms in total. The first kappa shape index (κ1) is 25.8. The van der Waals surface area contributed by atoms with Gasteiger partial charge in [-0.2, -0.15) is 0 Å². The van der Waals surface area contributed by atoms with Crippen molar-refractivity contribution in [2.24, 2.45) is 0 Å². The summed E-state index contributed by atoms with van der Waals surface area (Å²) >= 11 is 0. The van der Waals surface area contributed by atoms with E-state index >= 15 is 0 Å². The number of piperidine rings is 1. The summed E-state index contributed by atoms with van der Waals surface area (Å²) in [6, 6.07) is 4.73. The smallest absolute Gasteiger partial charge is 0.255 e. The SMILES string of the molecule is O=C1CCC(N2Cc3cc(C#CCOCCOCCOCCOCCO)ccc3C2=O)C(=O)N1. The number of ether oxygens (including phenoxy) is 4. The van der Waals surface area contributed by atoms with Crippen LogP contribution in [0.1, 0.15) is 34.3 Å². The van der Waals surface area contributed by atoms with Crippen molar-refractivity contribution >= 4 is 17.7 Å². The van der Waals surface area contributed by atoms with Crippen molar-refractivity contribution in [3.05, 3.63) is 34.9 Å². The van der Waals surface area contributed by atoms with Crippen molar-refractivity contribution in [1.29, 1.82) is 0 Å². The molecule has 2 aliphatic rings. The van der Waals surface area contributed by atoms with Crippen molar-refractivity contribution in [2.45, 2.75) is 25.4 Å². The lowest BCUT2D eigenvalue weighted by atomic mass is 10.0. The van der Waals surface area contributed by atoms with E-state index in [0.29, 0.717) is 64.8 Å². The van der Waals surface area contributed by atoms with Gasteiger partial charge in [0.15, 0.2) is 0 Å². The van der Waals surface area contributed by atoms with E-state index in [1.165, 1.54) is 4.90 Å². The molecule has 2 N–H and O–H groups in total. The van der Waals surface area contributed by atoms with Gasteiger partial charge in [0.25, 0.3) is 5.91 Å². The first-order valence-corrected chi connectivity index (χ1v) is 11.3. The van der Waals surface area contributed by atoms with Crippen LogP contribution in [0.15, 0.2) is 18.2 Å². The molecule has 2 aliphatic heterocycles. The minimum Gasteiger partial charge on any atom is -0.394 e. The Kier molecular flexibility index (Phi) is 10.5. The lowest BCUT2D eigenvalue weighted by molar-refractivity contribution is -0.136. The Morgan fingerprint density at radius 1 is 0.971 bits per heavy atom. The fourth-order valence-corrected chi connectivity index (χ4v) is 3.64. The molecular weight excluding hydrogens is 444 g/mol. The summed E-state index contributed by atoms with van der Waals surface area (Å²) in [6.07, 6.45) is 0.569. The summed E-state index contributed by atoms with van der Waals surface area (Å²) < 4.78 is 21.2. The Morgan fingerprint density at radius 3 is 2.32 bits per heavy atom. The van der Waals surface area contributed by atoms with Gasteiger partial charge in [-0.3, -0.25) is 19.7 Å². The monoisotopic (exact) mass is 474 g/mol. The Bertz CT molecular complexity index is 923. The molecule has 0 aliphatic carbocycles. The predicted molar refractivity (Wildman–Crippen MR) is 120 cm³/mol. The number of carbonyl (C=O) groups is 3. The summed E-state index contributed by atoms with van der Waals surface area (Å²) in [4.78, 5) is 37.7. The summed E-state index contributed by atoms with van der Waals surface area (Å²) in [6.45, 7) is 3.56. The fraction of sp³-hybridized carbons (Fsp3) is 0.542. The number of fused-ring (bicyclic) bond motifs is 1. The highest BCUT2D eigenvalue weighted by molar-refractivity contribution is 6.05. The van der Waals surface area contributed by atoms with Gasteiger partial charge in [0.1, 0.15) is 12.6 Å². The van der Waals surface area contributed by atoms with E-state index in [1.807, 2.05) is 6.07 Å². The zero-order chi connectivity index (χ0) is 24.2. The molecule has 0 radical (unpaired) electrons. The maximum absolute atomic E-state index is 12.7. The third-order valence-corrected chi connectivity index (χ3v) is 5.28. The van der Waals surface area contributed by atoms with Crippen LogP contribution >= 0.6 is 0 Å². The number of carbonyl (C=O) groups excluding carboxylic acids is 3. The largest absolute Gasteiger partial charge is 0.394 e. The fourth-order valence-electron chi connectivity index (χ4n) is 3.64. The van der Waals surface area contributed by atoms with Gasteiger partial charge in [-0.05, 0) is 30.2 Å². The molecule has 1 aromatic rings. The second-order valence-corrected chi connectivity index (χ2v) is 7.69. The number of rotatable bonds is 13. The molecule has 1 unspecified atom stereocenters. The number of nitrogens with one attached hydrogen (secondary N) is 1. The average Bonchev–Trinajstić information content (AvgIpc) is 3.14. The standard InChI is InChI=1S/C24H30N2O8/c27-7-9-32-11-13-34-15-14-33-12-10-31-8-1-2-18-3-4-20-19(16-18)17-26(24(20)30)21-5-6-22(28)25-23(21)29/h3-4,16,21,27H,5-15,17H2,(H,25,28,29). The van der Waals surface area contributed by atoms with Crippen molar-refractivity contribution in [3.8, 4) is 11.8 Å². The maximum Gasteiger partial charge on any atom is 0.255 e. The van der Waals surface area contributed by atoms with E-state index in [1.54, 1.807) is 12.1 Å². The highest BCUT2D eigenvalue weighted by Gasteiger charge is 2.38. The van der Waals surface area contributed by atoms with E-state index < -0.39 is 11.9 Å².